The first-order valence-electron chi connectivity index (χ1n) is 6.37. The molecule has 0 radical (unpaired) electrons. The van der Waals surface area contributed by atoms with Crippen LogP contribution in [-0.2, 0) is 11.3 Å². The van der Waals surface area contributed by atoms with Crippen LogP contribution in [0.2, 0.25) is 10.3 Å². The number of furan rings is 1. The lowest BCUT2D eigenvalue weighted by molar-refractivity contribution is 0.0917. The summed E-state index contributed by atoms with van der Waals surface area (Å²) < 4.78 is 10.5. The Balaban J connectivity index is 1.65. The molecule has 112 valence electrons. The van der Waals surface area contributed by atoms with Crippen LogP contribution in [0.3, 0.4) is 0 Å². The van der Waals surface area contributed by atoms with Crippen molar-refractivity contribution in [3.8, 4) is 0 Å². The predicted molar refractivity (Wildman–Crippen MR) is 79.6 cm³/mol. The van der Waals surface area contributed by atoms with Gasteiger partial charge in [0.25, 0.3) is 5.91 Å². The lowest BCUT2D eigenvalue weighted by atomic mass is 10.2. The third kappa shape index (κ3) is 5.04. The Bertz CT molecular complexity index is 588. The van der Waals surface area contributed by atoms with Crippen molar-refractivity contribution in [3.05, 3.63) is 52.2 Å². The summed E-state index contributed by atoms with van der Waals surface area (Å²) in [6.45, 7) is 1.43. The topological polar surface area (TPSA) is 64.4 Å². The third-order valence-corrected chi connectivity index (χ3v) is 3.13. The van der Waals surface area contributed by atoms with E-state index in [-0.39, 0.29) is 16.2 Å². The normalized spacial score (nSPS) is 10.6. The Hall–Kier alpha value is -1.56. The van der Waals surface area contributed by atoms with Crippen LogP contribution in [-0.4, -0.2) is 24.0 Å². The van der Waals surface area contributed by atoms with Gasteiger partial charge in [-0.1, -0.05) is 23.2 Å². The average molecular weight is 329 g/mol. The van der Waals surface area contributed by atoms with E-state index in [4.69, 9.17) is 32.4 Å². The van der Waals surface area contributed by atoms with Crippen molar-refractivity contribution >= 4 is 29.1 Å². The van der Waals surface area contributed by atoms with Crippen LogP contribution in [0.4, 0.5) is 0 Å². The fourth-order valence-electron chi connectivity index (χ4n) is 1.62. The summed E-state index contributed by atoms with van der Waals surface area (Å²) in [4.78, 5) is 15.7. The summed E-state index contributed by atoms with van der Waals surface area (Å²) in [6, 6.07) is 6.72. The molecule has 7 heteroatoms. The van der Waals surface area contributed by atoms with Crippen LogP contribution in [0.15, 0.2) is 34.9 Å². The monoisotopic (exact) mass is 328 g/mol. The van der Waals surface area contributed by atoms with Crippen molar-refractivity contribution < 1.29 is 13.9 Å². The SMILES string of the molecule is O=C(NCCCOCc1ccco1)c1ccc(Cl)nc1Cl. The first-order chi connectivity index (χ1) is 10.2. The van der Waals surface area contributed by atoms with E-state index < -0.39 is 0 Å². The molecule has 0 aliphatic rings. The molecule has 0 aromatic carbocycles. The first kappa shape index (κ1) is 15.8. The van der Waals surface area contributed by atoms with Crippen molar-refractivity contribution in [1.29, 1.82) is 0 Å². The number of nitrogens with zero attached hydrogens (tertiary/aromatic N) is 1. The van der Waals surface area contributed by atoms with Crippen molar-refractivity contribution in [1.82, 2.24) is 10.3 Å². The summed E-state index contributed by atoms with van der Waals surface area (Å²) in [5.74, 6) is 0.494. The minimum absolute atomic E-state index is 0.0917. The summed E-state index contributed by atoms with van der Waals surface area (Å²) in [5.41, 5.74) is 0.303. The quantitative estimate of drug-likeness (QED) is 0.625. The summed E-state index contributed by atoms with van der Waals surface area (Å²) in [5, 5.41) is 3.09. The van der Waals surface area contributed by atoms with E-state index in [1.807, 2.05) is 12.1 Å². The number of pyridine rings is 1. The molecule has 1 amide bonds. The second-order valence-corrected chi connectivity index (χ2v) is 4.96. The van der Waals surface area contributed by atoms with Crippen LogP contribution < -0.4 is 5.32 Å². The third-order valence-electron chi connectivity index (χ3n) is 2.63. The number of amides is 1. The molecule has 5 nitrogen and oxygen atoms in total. The van der Waals surface area contributed by atoms with Crippen LogP contribution in [0, 0.1) is 0 Å². The van der Waals surface area contributed by atoms with Crippen LogP contribution in [0.25, 0.3) is 0 Å². The standard InChI is InChI=1S/C14H14Cl2N2O3/c15-12-5-4-11(13(16)18-12)14(19)17-6-2-7-20-9-10-3-1-8-21-10/h1,3-5,8H,2,6-7,9H2,(H,17,19). The molecule has 1 N–H and O–H groups in total. The van der Waals surface area contributed by atoms with Gasteiger partial charge in [-0.25, -0.2) is 4.98 Å². The van der Waals surface area contributed by atoms with Crippen LogP contribution in [0.1, 0.15) is 22.5 Å². The number of carbonyl (C=O) groups excluding carboxylic acids is 1. The maximum atomic E-state index is 11.9. The minimum Gasteiger partial charge on any atom is -0.467 e. The van der Waals surface area contributed by atoms with Crippen molar-refractivity contribution in [2.45, 2.75) is 13.0 Å². The zero-order valence-corrected chi connectivity index (χ0v) is 12.7. The Morgan fingerprint density at radius 1 is 1.33 bits per heavy atom. The fourth-order valence-corrected chi connectivity index (χ4v) is 2.05. The molecular formula is C14H14Cl2N2O3. The molecule has 2 heterocycles. The molecule has 0 saturated heterocycles. The van der Waals surface area contributed by atoms with E-state index >= 15 is 0 Å². The predicted octanol–water partition coefficient (Wildman–Crippen LogP) is 3.32. The molecular weight excluding hydrogens is 315 g/mol. The summed E-state index contributed by atoms with van der Waals surface area (Å²) in [7, 11) is 0. The highest BCUT2D eigenvalue weighted by Crippen LogP contribution is 2.16. The van der Waals surface area contributed by atoms with Crippen molar-refractivity contribution in [2.75, 3.05) is 13.2 Å². The summed E-state index contributed by atoms with van der Waals surface area (Å²) in [6.07, 6.45) is 2.29. The Kier molecular flexibility index (Phi) is 6.04. The van der Waals surface area contributed by atoms with Gasteiger partial charge in [-0.05, 0) is 30.7 Å². The lowest BCUT2D eigenvalue weighted by Crippen LogP contribution is -2.25. The number of hydrogen-bond donors (Lipinski definition) is 1. The second-order valence-electron chi connectivity index (χ2n) is 4.21. The number of aromatic nitrogens is 1. The van der Waals surface area contributed by atoms with E-state index in [1.54, 1.807) is 12.3 Å². The van der Waals surface area contributed by atoms with Gasteiger partial charge in [0, 0.05) is 13.2 Å². The fraction of sp³-hybridized carbons (Fsp3) is 0.286. The molecule has 0 spiro atoms. The van der Waals surface area contributed by atoms with Gasteiger partial charge in [0.05, 0.1) is 11.8 Å². The molecule has 0 aliphatic heterocycles. The van der Waals surface area contributed by atoms with Gasteiger partial charge in [0.1, 0.15) is 22.7 Å². The highest BCUT2D eigenvalue weighted by atomic mass is 35.5. The smallest absolute Gasteiger partial charge is 0.254 e. The molecule has 2 rings (SSSR count). The average Bonchev–Trinajstić information content (AvgIpc) is 2.95. The molecule has 2 aromatic heterocycles. The van der Waals surface area contributed by atoms with Gasteiger partial charge >= 0.3 is 0 Å². The minimum atomic E-state index is -0.282. The van der Waals surface area contributed by atoms with E-state index in [9.17, 15) is 4.79 Å². The van der Waals surface area contributed by atoms with Gasteiger partial charge in [0.15, 0.2) is 0 Å². The van der Waals surface area contributed by atoms with Crippen molar-refractivity contribution in [2.24, 2.45) is 0 Å². The molecule has 0 fully saturated rings. The number of hydrogen-bond acceptors (Lipinski definition) is 4. The van der Waals surface area contributed by atoms with Gasteiger partial charge < -0.3 is 14.5 Å². The Labute approximate surface area is 132 Å². The van der Waals surface area contributed by atoms with Gasteiger partial charge in [0.2, 0.25) is 0 Å². The molecule has 2 aromatic rings. The van der Waals surface area contributed by atoms with Gasteiger partial charge in [-0.15, -0.1) is 0 Å². The Morgan fingerprint density at radius 2 is 2.19 bits per heavy atom. The maximum Gasteiger partial charge on any atom is 0.254 e. The molecule has 0 unspecified atom stereocenters. The molecule has 0 bridgehead atoms. The highest BCUT2D eigenvalue weighted by Gasteiger charge is 2.11. The Morgan fingerprint density at radius 3 is 2.90 bits per heavy atom. The molecule has 21 heavy (non-hydrogen) atoms. The highest BCUT2D eigenvalue weighted by molar-refractivity contribution is 6.34. The second kappa shape index (κ2) is 8.02. The number of nitrogens with one attached hydrogen (secondary N) is 1. The maximum absolute atomic E-state index is 11.9. The van der Waals surface area contributed by atoms with Crippen LogP contribution in [0.5, 0.6) is 0 Å². The van der Waals surface area contributed by atoms with Gasteiger partial charge in [-0.2, -0.15) is 0 Å². The lowest BCUT2D eigenvalue weighted by Gasteiger charge is -2.06. The number of ether oxygens (including phenoxy) is 1. The number of carbonyl (C=O) groups is 1. The van der Waals surface area contributed by atoms with E-state index in [2.05, 4.69) is 10.3 Å². The van der Waals surface area contributed by atoms with E-state index in [1.165, 1.54) is 6.07 Å². The number of halogens is 2. The van der Waals surface area contributed by atoms with Crippen molar-refractivity contribution in [3.63, 3.8) is 0 Å². The molecule has 0 aliphatic carbocycles. The molecule has 0 atom stereocenters. The largest absolute Gasteiger partial charge is 0.467 e. The first-order valence-corrected chi connectivity index (χ1v) is 7.13. The summed E-state index contributed by atoms with van der Waals surface area (Å²) >= 11 is 11.5. The van der Waals surface area contributed by atoms with E-state index in [0.717, 1.165) is 5.76 Å². The zero-order chi connectivity index (χ0) is 15.1. The molecule has 0 saturated carbocycles. The van der Waals surface area contributed by atoms with Gasteiger partial charge in [-0.3, -0.25) is 4.79 Å². The zero-order valence-electron chi connectivity index (χ0n) is 11.1. The van der Waals surface area contributed by atoms with E-state index in [0.29, 0.717) is 31.7 Å². The van der Waals surface area contributed by atoms with Crippen LogP contribution >= 0.6 is 23.2 Å². The number of rotatable bonds is 7.